The lowest BCUT2D eigenvalue weighted by Crippen LogP contribution is -2.38. The average molecular weight is 238 g/mol. The molecule has 4 heteroatoms. The van der Waals surface area contributed by atoms with Crippen molar-refractivity contribution in [2.24, 2.45) is 5.41 Å². The van der Waals surface area contributed by atoms with Crippen LogP contribution < -0.4 is 5.32 Å². The third-order valence-corrected chi connectivity index (χ3v) is 3.14. The van der Waals surface area contributed by atoms with Crippen molar-refractivity contribution in [3.63, 3.8) is 0 Å². The summed E-state index contributed by atoms with van der Waals surface area (Å²) in [6, 6.07) is 1.98. The van der Waals surface area contributed by atoms with E-state index >= 15 is 0 Å². The number of nitrogens with zero attached hydrogens (tertiary/aromatic N) is 1. The van der Waals surface area contributed by atoms with E-state index in [4.69, 9.17) is 10.00 Å². The summed E-state index contributed by atoms with van der Waals surface area (Å²) in [6.45, 7) is 4.26. The molecule has 1 fully saturated rings. The van der Waals surface area contributed by atoms with Gasteiger partial charge in [-0.3, -0.25) is 4.79 Å². The molecule has 0 spiro atoms. The summed E-state index contributed by atoms with van der Waals surface area (Å²) in [5.74, 6) is -0.229. The molecule has 0 radical (unpaired) electrons. The molecule has 0 atom stereocenters. The standard InChI is InChI=1S/C13H22N2O2/c1-13(2,10-14)12(16)15-8-9-17-11-6-4-3-5-7-11/h11H,3-9H2,1-2H3,(H,15,16). The van der Waals surface area contributed by atoms with Crippen molar-refractivity contribution in [1.82, 2.24) is 5.32 Å². The Morgan fingerprint density at radius 2 is 2.06 bits per heavy atom. The SMILES string of the molecule is CC(C)(C#N)C(=O)NCCOC1CCCCC1. The minimum absolute atomic E-state index is 0.229. The molecule has 96 valence electrons. The molecule has 1 amide bonds. The smallest absolute Gasteiger partial charge is 0.239 e. The first-order chi connectivity index (χ1) is 8.06. The third-order valence-electron chi connectivity index (χ3n) is 3.14. The summed E-state index contributed by atoms with van der Waals surface area (Å²) in [6.07, 6.45) is 6.45. The number of ether oxygens (including phenoxy) is 1. The van der Waals surface area contributed by atoms with Crippen molar-refractivity contribution in [2.45, 2.75) is 52.1 Å². The van der Waals surface area contributed by atoms with Crippen LogP contribution in [0.2, 0.25) is 0 Å². The molecule has 0 aromatic rings. The number of carbonyl (C=O) groups excluding carboxylic acids is 1. The molecule has 4 nitrogen and oxygen atoms in total. The Morgan fingerprint density at radius 1 is 1.41 bits per heavy atom. The minimum Gasteiger partial charge on any atom is -0.376 e. The Morgan fingerprint density at radius 3 is 2.65 bits per heavy atom. The predicted octanol–water partition coefficient (Wildman–Crippen LogP) is 2.00. The number of nitriles is 1. The molecule has 1 N–H and O–H groups in total. The lowest BCUT2D eigenvalue weighted by atomic mass is 9.95. The second-order valence-electron chi connectivity index (χ2n) is 5.12. The lowest BCUT2D eigenvalue weighted by molar-refractivity contribution is -0.127. The van der Waals surface area contributed by atoms with E-state index in [1.165, 1.54) is 19.3 Å². The van der Waals surface area contributed by atoms with Crippen LogP contribution in [-0.4, -0.2) is 25.2 Å². The van der Waals surface area contributed by atoms with Crippen molar-refractivity contribution in [3.05, 3.63) is 0 Å². The molecule has 1 rings (SSSR count). The number of amides is 1. The zero-order chi connectivity index (χ0) is 12.7. The van der Waals surface area contributed by atoms with Gasteiger partial charge >= 0.3 is 0 Å². The first-order valence-corrected chi connectivity index (χ1v) is 6.37. The van der Waals surface area contributed by atoms with Crippen LogP contribution in [0.3, 0.4) is 0 Å². The van der Waals surface area contributed by atoms with Crippen LogP contribution in [0.25, 0.3) is 0 Å². The lowest BCUT2D eigenvalue weighted by Gasteiger charge is -2.22. The Hall–Kier alpha value is -1.08. The van der Waals surface area contributed by atoms with E-state index in [1.807, 2.05) is 6.07 Å². The van der Waals surface area contributed by atoms with E-state index in [-0.39, 0.29) is 5.91 Å². The van der Waals surface area contributed by atoms with Gasteiger partial charge in [0.15, 0.2) is 0 Å². The zero-order valence-corrected chi connectivity index (χ0v) is 10.8. The predicted molar refractivity (Wildman–Crippen MR) is 65.2 cm³/mol. The maximum Gasteiger partial charge on any atom is 0.239 e. The molecule has 0 bridgehead atoms. The quantitative estimate of drug-likeness (QED) is 0.745. The highest BCUT2D eigenvalue weighted by atomic mass is 16.5. The Kier molecular flexibility index (Phi) is 5.43. The van der Waals surface area contributed by atoms with Crippen LogP contribution in [0, 0.1) is 16.7 Å². The molecular formula is C13H22N2O2. The van der Waals surface area contributed by atoms with E-state index in [0.29, 0.717) is 19.3 Å². The van der Waals surface area contributed by atoms with Crippen molar-refractivity contribution in [2.75, 3.05) is 13.2 Å². The van der Waals surface area contributed by atoms with Crippen LogP contribution in [-0.2, 0) is 9.53 Å². The monoisotopic (exact) mass is 238 g/mol. The minimum atomic E-state index is -0.954. The molecule has 0 aromatic carbocycles. The molecule has 1 saturated carbocycles. The molecule has 0 aliphatic heterocycles. The van der Waals surface area contributed by atoms with E-state index in [2.05, 4.69) is 5.32 Å². The molecule has 17 heavy (non-hydrogen) atoms. The highest BCUT2D eigenvalue weighted by Crippen LogP contribution is 2.19. The van der Waals surface area contributed by atoms with E-state index < -0.39 is 5.41 Å². The van der Waals surface area contributed by atoms with E-state index in [9.17, 15) is 4.79 Å². The number of hydrogen-bond donors (Lipinski definition) is 1. The van der Waals surface area contributed by atoms with Gasteiger partial charge in [0.2, 0.25) is 5.91 Å². The first-order valence-electron chi connectivity index (χ1n) is 6.37. The summed E-state index contributed by atoms with van der Waals surface area (Å²) in [7, 11) is 0. The van der Waals surface area contributed by atoms with Gasteiger partial charge in [-0.25, -0.2) is 0 Å². The van der Waals surface area contributed by atoms with Crippen molar-refractivity contribution >= 4 is 5.91 Å². The summed E-state index contributed by atoms with van der Waals surface area (Å²) >= 11 is 0. The van der Waals surface area contributed by atoms with Gasteiger partial charge < -0.3 is 10.1 Å². The molecule has 0 heterocycles. The van der Waals surface area contributed by atoms with Gasteiger partial charge in [0, 0.05) is 6.54 Å². The van der Waals surface area contributed by atoms with Crippen LogP contribution in [0.1, 0.15) is 46.0 Å². The maximum absolute atomic E-state index is 11.6. The molecule has 1 aliphatic rings. The summed E-state index contributed by atoms with van der Waals surface area (Å²) < 4.78 is 5.68. The fourth-order valence-electron chi connectivity index (χ4n) is 1.89. The van der Waals surface area contributed by atoms with Crippen molar-refractivity contribution < 1.29 is 9.53 Å². The van der Waals surface area contributed by atoms with Gasteiger partial charge in [-0.15, -0.1) is 0 Å². The second-order valence-corrected chi connectivity index (χ2v) is 5.12. The van der Waals surface area contributed by atoms with Gasteiger partial charge in [0.05, 0.1) is 18.8 Å². The third kappa shape index (κ3) is 4.74. The fourth-order valence-corrected chi connectivity index (χ4v) is 1.89. The summed E-state index contributed by atoms with van der Waals surface area (Å²) in [4.78, 5) is 11.6. The van der Waals surface area contributed by atoms with Crippen LogP contribution in [0.5, 0.6) is 0 Å². The maximum atomic E-state index is 11.6. The van der Waals surface area contributed by atoms with Gasteiger partial charge in [-0.05, 0) is 26.7 Å². The van der Waals surface area contributed by atoms with Gasteiger partial charge in [0.25, 0.3) is 0 Å². The highest BCUT2D eigenvalue weighted by molar-refractivity contribution is 5.84. The number of rotatable bonds is 5. The van der Waals surface area contributed by atoms with E-state index in [1.54, 1.807) is 13.8 Å². The fraction of sp³-hybridized carbons (Fsp3) is 0.846. The largest absolute Gasteiger partial charge is 0.376 e. The topological polar surface area (TPSA) is 62.1 Å². The normalized spacial score (nSPS) is 17.5. The molecular weight excluding hydrogens is 216 g/mol. The molecule has 1 aliphatic carbocycles. The molecule has 0 unspecified atom stereocenters. The molecule has 0 saturated heterocycles. The van der Waals surface area contributed by atoms with E-state index in [0.717, 1.165) is 12.8 Å². The Labute approximate surface area is 103 Å². The number of nitrogens with one attached hydrogen (secondary N) is 1. The van der Waals surface area contributed by atoms with Crippen LogP contribution >= 0.6 is 0 Å². The van der Waals surface area contributed by atoms with Crippen LogP contribution in [0.4, 0.5) is 0 Å². The zero-order valence-electron chi connectivity index (χ0n) is 10.8. The number of carbonyl (C=O) groups is 1. The first kappa shape index (κ1) is 14.0. The van der Waals surface area contributed by atoms with Gasteiger partial charge in [0.1, 0.15) is 5.41 Å². The highest BCUT2D eigenvalue weighted by Gasteiger charge is 2.26. The van der Waals surface area contributed by atoms with Gasteiger partial charge in [-0.1, -0.05) is 19.3 Å². The number of hydrogen-bond acceptors (Lipinski definition) is 3. The van der Waals surface area contributed by atoms with Crippen molar-refractivity contribution in [1.29, 1.82) is 5.26 Å². The van der Waals surface area contributed by atoms with Crippen molar-refractivity contribution in [3.8, 4) is 6.07 Å². The second kappa shape index (κ2) is 6.61. The summed E-state index contributed by atoms with van der Waals surface area (Å²) in [5, 5.41) is 11.5. The average Bonchev–Trinajstić information content (AvgIpc) is 2.35. The molecule has 0 aromatic heterocycles. The Bertz CT molecular complexity index is 288. The Balaban J connectivity index is 2.12. The van der Waals surface area contributed by atoms with Gasteiger partial charge in [-0.2, -0.15) is 5.26 Å². The summed E-state index contributed by atoms with van der Waals surface area (Å²) in [5.41, 5.74) is -0.954. The van der Waals surface area contributed by atoms with Crippen LogP contribution in [0.15, 0.2) is 0 Å².